The van der Waals surface area contributed by atoms with Gasteiger partial charge in [-0.25, -0.2) is 0 Å². The third-order valence-electron chi connectivity index (χ3n) is 6.28. The summed E-state index contributed by atoms with van der Waals surface area (Å²) in [5, 5.41) is 9.85. The van der Waals surface area contributed by atoms with Crippen LogP contribution in [-0.2, 0) is 24.2 Å². The zero-order chi connectivity index (χ0) is 27.8. The van der Waals surface area contributed by atoms with E-state index in [-0.39, 0.29) is 19.1 Å². The minimum atomic E-state index is -0.528. The van der Waals surface area contributed by atoms with Gasteiger partial charge in [-0.2, -0.15) is 0 Å². The van der Waals surface area contributed by atoms with E-state index in [2.05, 4.69) is 20.8 Å². The van der Waals surface area contributed by atoms with Crippen molar-refractivity contribution < 1.29 is 14.7 Å². The molecule has 38 heavy (non-hydrogen) atoms. The number of anilines is 3. The predicted octanol–water partition coefficient (Wildman–Crippen LogP) is 4.76. The van der Waals surface area contributed by atoms with Crippen molar-refractivity contribution in [1.82, 2.24) is 4.90 Å². The van der Waals surface area contributed by atoms with Gasteiger partial charge in [0.2, 0.25) is 11.8 Å². The van der Waals surface area contributed by atoms with Gasteiger partial charge in [-0.15, -0.1) is 11.8 Å². The summed E-state index contributed by atoms with van der Waals surface area (Å²) in [4.78, 5) is 30.2. The Kier molecular flexibility index (Phi) is 10.2. The summed E-state index contributed by atoms with van der Waals surface area (Å²) in [5.74, 6) is -0.616. The maximum absolute atomic E-state index is 13.6. The lowest BCUT2D eigenvalue weighted by molar-refractivity contribution is -0.128. The average molecular weight is 535 g/mol. The summed E-state index contributed by atoms with van der Waals surface area (Å²) in [5.41, 5.74) is 17.3. The Morgan fingerprint density at radius 1 is 0.974 bits per heavy atom. The Balaban J connectivity index is 1.95. The number of thioether (sulfide) groups is 1. The highest BCUT2D eigenvalue weighted by molar-refractivity contribution is 8.00. The van der Waals surface area contributed by atoms with Crippen LogP contribution in [0.4, 0.5) is 17.1 Å². The number of hydrogen-bond donors (Lipinski definition) is 3. The largest absolute Gasteiger partial charge is 0.399 e. The van der Waals surface area contributed by atoms with Crippen LogP contribution in [0.25, 0.3) is 0 Å². The molecule has 3 aromatic rings. The molecule has 0 aliphatic rings. The van der Waals surface area contributed by atoms with Crippen LogP contribution in [0.15, 0.2) is 65.6 Å². The maximum Gasteiger partial charge on any atom is 0.248 e. The molecule has 0 spiro atoms. The molecular weight excluding hydrogens is 496 g/mol. The van der Waals surface area contributed by atoms with E-state index >= 15 is 0 Å². The summed E-state index contributed by atoms with van der Waals surface area (Å²) < 4.78 is 0. The van der Waals surface area contributed by atoms with Crippen molar-refractivity contribution in [2.75, 3.05) is 30.8 Å². The lowest BCUT2D eigenvalue weighted by atomic mass is 10.0. The number of primary amides is 1. The molecule has 0 aliphatic heterocycles. The SMILES string of the molecule is CCc1cc(N(CC(=O)N(C)Cc2cc(N)ccc2SC(C)C)c2cccc(C(N)=O)c2)ccc1CCO. The highest BCUT2D eigenvalue weighted by Gasteiger charge is 2.20. The zero-order valence-electron chi connectivity index (χ0n) is 22.6. The van der Waals surface area contributed by atoms with Crippen molar-refractivity contribution in [3.63, 3.8) is 0 Å². The van der Waals surface area contributed by atoms with Crippen molar-refractivity contribution in [3.05, 3.63) is 82.9 Å². The maximum atomic E-state index is 13.6. The number of aliphatic hydroxyl groups is 1. The van der Waals surface area contributed by atoms with Crippen molar-refractivity contribution in [2.45, 2.75) is 50.3 Å². The van der Waals surface area contributed by atoms with Crippen LogP contribution in [0, 0.1) is 0 Å². The number of aliphatic hydroxyl groups excluding tert-OH is 1. The third kappa shape index (κ3) is 7.52. The van der Waals surface area contributed by atoms with E-state index in [1.807, 2.05) is 47.4 Å². The average Bonchev–Trinajstić information content (AvgIpc) is 2.89. The molecule has 3 rings (SSSR count). The number of benzene rings is 3. The summed E-state index contributed by atoms with van der Waals surface area (Å²) in [6, 6.07) is 18.8. The van der Waals surface area contributed by atoms with Crippen LogP contribution in [0.5, 0.6) is 0 Å². The minimum Gasteiger partial charge on any atom is -0.399 e. The monoisotopic (exact) mass is 534 g/mol. The van der Waals surface area contributed by atoms with Crippen molar-refractivity contribution in [3.8, 4) is 0 Å². The molecule has 0 radical (unpaired) electrons. The number of carbonyl (C=O) groups excluding carboxylic acids is 2. The van der Waals surface area contributed by atoms with Gasteiger partial charge in [0.1, 0.15) is 6.54 Å². The van der Waals surface area contributed by atoms with Crippen LogP contribution < -0.4 is 16.4 Å². The summed E-state index contributed by atoms with van der Waals surface area (Å²) >= 11 is 1.74. The van der Waals surface area contributed by atoms with Gasteiger partial charge < -0.3 is 26.4 Å². The second-order valence-corrected chi connectivity index (χ2v) is 11.2. The molecule has 0 atom stereocenters. The number of hydrogen-bond acceptors (Lipinski definition) is 6. The molecule has 3 aromatic carbocycles. The van der Waals surface area contributed by atoms with Crippen molar-refractivity contribution in [2.24, 2.45) is 5.73 Å². The first-order valence-corrected chi connectivity index (χ1v) is 13.7. The molecule has 0 saturated heterocycles. The van der Waals surface area contributed by atoms with E-state index in [0.717, 1.165) is 33.7 Å². The molecular formula is C30H38N4O3S. The highest BCUT2D eigenvalue weighted by atomic mass is 32.2. The predicted molar refractivity (Wildman–Crippen MR) is 157 cm³/mol. The van der Waals surface area contributed by atoms with E-state index in [4.69, 9.17) is 11.5 Å². The van der Waals surface area contributed by atoms with E-state index in [9.17, 15) is 14.7 Å². The Bertz CT molecular complexity index is 1280. The molecule has 5 N–H and O–H groups in total. The van der Waals surface area contributed by atoms with E-state index in [1.54, 1.807) is 41.9 Å². The molecule has 0 heterocycles. The van der Waals surface area contributed by atoms with Gasteiger partial charge in [-0.3, -0.25) is 9.59 Å². The molecule has 0 bridgehead atoms. The van der Waals surface area contributed by atoms with Crippen molar-refractivity contribution in [1.29, 1.82) is 0 Å². The summed E-state index contributed by atoms with van der Waals surface area (Å²) in [6.45, 7) is 6.89. The number of carbonyl (C=O) groups is 2. The van der Waals surface area contributed by atoms with Gasteiger partial charge in [0.15, 0.2) is 0 Å². The van der Waals surface area contributed by atoms with Crippen LogP contribution in [0.3, 0.4) is 0 Å². The molecule has 0 aliphatic carbocycles. The van der Waals surface area contributed by atoms with Gasteiger partial charge >= 0.3 is 0 Å². The number of nitrogens with two attached hydrogens (primary N) is 2. The molecule has 0 unspecified atom stereocenters. The second-order valence-electron chi connectivity index (χ2n) is 9.56. The smallest absolute Gasteiger partial charge is 0.248 e. The van der Waals surface area contributed by atoms with Crippen LogP contribution in [-0.4, -0.2) is 47.3 Å². The third-order valence-corrected chi connectivity index (χ3v) is 7.40. The normalized spacial score (nSPS) is 11.0. The second kappa shape index (κ2) is 13.3. The van der Waals surface area contributed by atoms with E-state index in [0.29, 0.717) is 35.2 Å². The van der Waals surface area contributed by atoms with Gasteiger partial charge in [-0.1, -0.05) is 32.9 Å². The Morgan fingerprint density at radius 2 is 1.71 bits per heavy atom. The quantitative estimate of drug-likeness (QED) is 0.228. The Labute approximate surface area is 229 Å². The van der Waals surface area contributed by atoms with E-state index in [1.165, 1.54) is 0 Å². The highest BCUT2D eigenvalue weighted by Crippen LogP contribution is 2.31. The molecule has 0 fully saturated rings. The first-order chi connectivity index (χ1) is 18.1. The fraction of sp³-hybridized carbons (Fsp3) is 0.333. The molecule has 0 saturated carbocycles. The first kappa shape index (κ1) is 29.1. The Morgan fingerprint density at radius 3 is 2.37 bits per heavy atom. The summed E-state index contributed by atoms with van der Waals surface area (Å²) in [7, 11) is 1.79. The van der Waals surface area contributed by atoms with E-state index < -0.39 is 5.91 Å². The van der Waals surface area contributed by atoms with Gasteiger partial charge in [0, 0.05) is 53.0 Å². The number of amides is 2. The standard InChI is InChI=1S/C30H38N4O3S/c1-5-21-16-27(11-9-22(21)13-14-35)34(26-8-6-7-23(17-26)30(32)37)19-29(36)33(4)18-24-15-25(31)10-12-28(24)38-20(2)3/h6-12,15-17,20,35H,5,13-14,18-19,31H2,1-4H3,(H2,32,37). The molecule has 8 heteroatoms. The summed E-state index contributed by atoms with van der Waals surface area (Å²) in [6.07, 6.45) is 1.36. The minimum absolute atomic E-state index is 0.0657. The number of nitrogens with zero attached hydrogens (tertiary/aromatic N) is 2. The zero-order valence-corrected chi connectivity index (χ0v) is 23.4. The fourth-order valence-corrected chi connectivity index (χ4v) is 5.25. The lowest BCUT2D eigenvalue weighted by Gasteiger charge is -2.28. The van der Waals surface area contributed by atoms with Gasteiger partial charge in [0.05, 0.1) is 0 Å². The fourth-order valence-electron chi connectivity index (χ4n) is 4.32. The topological polar surface area (TPSA) is 113 Å². The Hall–Kier alpha value is -3.49. The number of rotatable bonds is 12. The number of aryl methyl sites for hydroxylation is 1. The number of nitrogen functional groups attached to an aromatic ring is 1. The van der Waals surface area contributed by atoms with Crippen molar-refractivity contribution >= 4 is 40.6 Å². The molecule has 2 amide bonds. The van der Waals surface area contributed by atoms with Crippen LogP contribution in [0.2, 0.25) is 0 Å². The first-order valence-electron chi connectivity index (χ1n) is 12.8. The van der Waals surface area contributed by atoms with Crippen LogP contribution >= 0.6 is 11.8 Å². The van der Waals surface area contributed by atoms with Gasteiger partial charge in [-0.05, 0) is 78.1 Å². The molecule has 202 valence electrons. The van der Waals surface area contributed by atoms with Crippen LogP contribution in [0.1, 0.15) is 47.8 Å². The lowest BCUT2D eigenvalue weighted by Crippen LogP contribution is -2.36. The van der Waals surface area contributed by atoms with Gasteiger partial charge in [0.25, 0.3) is 0 Å². The molecule has 0 aromatic heterocycles. The number of likely N-dealkylation sites (N-methyl/N-ethyl adjacent to an activating group) is 1. The molecule has 7 nitrogen and oxygen atoms in total.